The molecular formula is C11H18ClN3. The number of hydrogen-bond acceptors (Lipinski definition) is 3. The minimum atomic E-state index is 0. The van der Waals surface area contributed by atoms with E-state index in [4.69, 9.17) is 0 Å². The Morgan fingerprint density at radius 3 is 3.00 bits per heavy atom. The first-order valence-electron chi connectivity index (χ1n) is 5.23. The Morgan fingerprint density at radius 2 is 2.33 bits per heavy atom. The van der Waals surface area contributed by atoms with Crippen LogP contribution in [-0.2, 0) is 0 Å². The van der Waals surface area contributed by atoms with E-state index in [1.807, 2.05) is 25.4 Å². The Hall–Kier alpha value is -0.800. The van der Waals surface area contributed by atoms with E-state index < -0.39 is 0 Å². The van der Waals surface area contributed by atoms with Crippen LogP contribution in [0.4, 0.5) is 5.82 Å². The van der Waals surface area contributed by atoms with Crippen molar-refractivity contribution in [3.63, 3.8) is 0 Å². The van der Waals surface area contributed by atoms with Crippen LogP contribution in [0.15, 0.2) is 24.4 Å². The summed E-state index contributed by atoms with van der Waals surface area (Å²) in [5.41, 5.74) is 0. The fourth-order valence-electron chi connectivity index (χ4n) is 1.96. The standard InChI is InChI=1S/C11H17N3.ClH/c1-12-10-5-4-8-14(9-10)11-6-2-3-7-13-11;/h2-3,6-7,10,12H,4-5,8-9H2,1H3;1H. The van der Waals surface area contributed by atoms with Gasteiger partial charge >= 0.3 is 0 Å². The maximum Gasteiger partial charge on any atom is 0.128 e. The van der Waals surface area contributed by atoms with Crippen LogP contribution in [0.25, 0.3) is 0 Å². The van der Waals surface area contributed by atoms with Gasteiger partial charge in [-0.2, -0.15) is 0 Å². The largest absolute Gasteiger partial charge is 0.355 e. The molecule has 84 valence electrons. The summed E-state index contributed by atoms with van der Waals surface area (Å²) in [4.78, 5) is 6.72. The summed E-state index contributed by atoms with van der Waals surface area (Å²) < 4.78 is 0. The minimum absolute atomic E-state index is 0. The number of aromatic nitrogens is 1. The number of anilines is 1. The Morgan fingerprint density at radius 1 is 1.47 bits per heavy atom. The van der Waals surface area contributed by atoms with Gasteiger partial charge in [-0.1, -0.05) is 6.07 Å². The van der Waals surface area contributed by atoms with Gasteiger partial charge in [-0.05, 0) is 32.0 Å². The molecule has 1 aliphatic rings. The fourth-order valence-corrected chi connectivity index (χ4v) is 1.96. The van der Waals surface area contributed by atoms with E-state index in [1.165, 1.54) is 12.8 Å². The van der Waals surface area contributed by atoms with Crippen molar-refractivity contribution in [2.45, 2.75) is 18.9 Å². The monoisotopic (exact) mass is 227 g/mol. The highest BCUT2D eigenvalue weighted by atomic mass is 35.5. The number of hydrogen-bond donors (Lipinski definition) is 1. The number of likely N-dealkylation sites (N-methyl/N-ethyl adjacent to an activating group) is 1. The van der Waals surface area contributed by atoms with Crippen LogP contribution in [0, 0.1) is 0 Å². The molecule has 3 nitrogen and oxygen atoms in total. The van der Waals surface area contributed by atoms with Gasteiger partial charge in [0.2, 0.25) is 0 Å². The second-order valence-electron chi connectivity index (χ2n) is 3.76. The molecule has 0 aliphatic carbocycles. The normalized spacial score (nSPS) is 20.9. The van der Waals surface area contributed by atoms with E-state index in [9.17, 15) is 0 Å². The van der Waals surface area contributed by atoms with Gasteiger partial charge in [0.15, 0.2) is 0 Å². The van der Waals surface area contributed by atoms with Crippen molar-refractivity contribution < 1.29 is 0 Å². The third kappa shape index (κ3) is 3.08. The maximum absolute atomic E-state index is 4.37. The molecule has 4 heteroatoms. The molecule has 1 fully saturated rings. The number of rotatable bonds is 2. The first-order chi connectivity index (χ1) is 6.90. The van der Waals surface area contributed by atoms with Crippen molar-refractivity contribution in [1.82, 2.24) is 10.3 Å². The molecule has 0 aromatic carbocycles. The fraction of sp³-hybridized carbons (Fsp3) is 0.545. The van der Waals surface area contributed by atoms with Gasteiger partial charge in [-0.3, -0.25) is 0 Å². The molecule has 0 radical (unpaired) electrons. The second kappa shape index (κ2) is 5.93. The third-order valence-electron chi connectivity index (χ3n) is 2.80. The summed E-state index contributed by atoms with van der Waals surface area (Å²) in [5.74, 6) is 1.10. The quantitative estimate of drug-likeness (QED) is 0.834. The zero-order valence-electron chi connectivity index (χ0n) is 9.02. The van der Waals surface area contributed by atoms with E-state index in [-0.39, 0.29) is 12.4 Å². The maximum atomic E-state index is 4.37. The molecule has 0 saturated carbocycles. The first kappa shape index (κ1) is 12.3. The summed E-state index contributed by atoms with van der Waals surface area (Å²) in [5, 5.41) is 3.33. The highest BCUT2D eigenvalue weighted by Gasteiger charge is 2.18. The summed E-state index contributed by atoms with van der Waals surface area (Å²) in [6.45, 7) is 2.21. The number of nitrogens with one attached hydrogen (secondary N) is 1. The third-order valence-corrected chi connectivity index (χ3v) is 2.80. The molecule has 0 amide bonds. The highest BCUT2D eigenvalue weighted by Crippen LogP contribution is 2.16. The highest BCUT2D eigenvalue weighted by molar-refractivity contribution is 5.85. The Labute approximate surface area is 97.3 Å². The van der Waals surface area contributed by atoms with E-state index in [2.05, 4.69) is 21.3 Å². The second-order valence-corrected chi connectivity index (χ2v) is 3.76. The lowest BCUT2D eigenvalue weighted by atomic mass is 10.1. The van der Waals surface area contributed by atoms with Crippen molar-refractivity contribution in [3.8, 4) is 0 Å². The molecule has 2 rings (SSSR count). The van der Waals surface area contributed by atoms with Crippen molar-refractivity contribution in [1.29, 1.82) is 0 Å². The van der Waals surface area contributed by atoms with Crippen molar-refractivity contribution in [2.24, 2.45) is 0 Å². The molecule has 0 bridgehead atoms. The predicted molar refractivity (Wildman–Crippen MR) is 65.8 cm³/mol. The molecule has 1 aromatic rings. The van der Waals surface area contributed by atoms with Crippen LogP contribution in [0.1, 0.15) is 12.8 Å². The van der Waals surface area contributed by atoms with Gasteiger partial charge in [0.1, 0.15) is 5.82 Å². The summed E-state index contributed by atoms with van der Waals surface area (Å²) in [6.07, 6.45) is 4.39. The van der Waals surface area contributed by atoms with Crippen molar-refractivity contribution in [2.75, 3.05) is 25.0 Å². The molecule has 1 aromatic heterocycles. The first-order valence-corrected chi connectivity index (χ1v) is 5.23. The van der Waals surface area contributed by atoms with Gasteiger partial charge in [0.25, 0.3) is 0 Å². The van der Waals surface area contributed by atoms with Crippen LogP contribution in [0.3, 0.4) is 0 Å². The smallest absolute Gasteiger partial charge is 0.128 e. The van der Waals surface area contributed by atoms with E-state index in [0.717, 1.165) is 18.9 Å². The van der Waals surface area contributed by atoms with Crippen LogP contribution < -0.4 is 10.2 Å². The Kier molecular flexibility index (Phi) is 4.85. The molecule has 1 saturated heterocycles. The van der Waals surface area contributed by atoms with Gasteiger partial charge in [-0.25, -0.2) is 4.98 Å². The summed E-state index contributed by atoms with van der Waals surface area (Å²) >= 11 is 0. The van der Waals surface area contributed by atoms with Crippen molar-refractivity contribution >= 4 is 18.2 Å². The average molecular weight is 228 g/mol. The van der Waals surface area contributed by atoms with E-state index in [1.54, 1.807) is 0 Å². The average Bonchev–Trinajstić information content (AvgIpc) is 2.30. The Balaban J connectivity index is 0.00000112. The molecule has 0 spiro atoms. The molecule has 1 N–H and O–H groups in total. The SMILES string of the molecule is CNC1CCCN(c2ccccn2)C1.Cl. The molecule has 15 heavy (non-hydrogen) atoms. The molecule has 1 atom stereocenters. The lowest BCUT2D eigenvalue weighted by molar-refractivity contribution is 0.447. The van der Waals surface area contributed by atoms with Gasteiger partial charge in [-0.15, -0.1) is 12.4 Å². The van der Waals surface area contributed by atoms with Crippen molar-refractivity contribution in [3.05, 3.63) is 24.4 Å². The number of nitrogens with zero attached hydrogens (tertiary/aromatic N) is 2. The zero-order chi connectivity index (χ0) is 9.80. The number of halogens is 1. The van der Waals surface area contributed by atoms with Gasteiger partial charge in [0.05, 0.1) is 0 Å². The summed E-state index contributed by atoms with van der Waals surface area (Å²) in [6, 6.07) is 6.71. The molecule has 2 heterocycles. The van der Waals surface area contributed by atoms with E-state index in [0.29, 0.717) is 6.04 Å². The van der Waals surface area contributed by atoms with E-state index >= 15 is 0 Å². The molecular weight excluding hydrogens is 210 g/mol. The lowest BCUT2D eigenvalue weighted by Crippen LogP contribution is -2.44. The van der Waals surface area contributed by atoms with Crippen LogP contribution in [-0.4, -0.2) is 31.2 Å². The lowest BCUT2D eigenvalue weighted by Gasteiger charge is -2.33. The zero-order valence-corrected chi connectivity index (χ0v) is 9.83. The Bertz CT molecular complexity index is 278. The van der Waals surface area contributed by atoms with Crippen LogP contribution >= 0.6 is 12.4 Å². The van der Waals surface area contributed by atoms with Crippen LogP contribution in [0.2, 0.25) is 0 Å². The van der Waals surface area contributed by atoms with Gasteiger partial charge in [0, 0.05) is 25.3 Å². The summed E-state index contributed by atoms with van der Waals surface area (Å²) in [7, 11) is 2.03. The number of piperidine rings is 1. The minimum Gasteiger partial charge on any atom is -0.355 e. The molecule has 1 unspecified atom stereocenters. The predicted octanol–water partition coefficient (Wildman–Crippen LogP) is 1.69. The van der Waals surface area contributed by atoms with Crippen LogP contribution in [0.5, 0.6) is 0 Å². The number of pyridine rings is 1. The topological polar surface area (TPSA) is 28.2 Å². The molecule has 1 aliphatic heterocycles. The van der Waals surface area contributed by atoms with Gasteiger partial charge < -0.3 is 10.2 Å².